The van der Waals surface area contributed by atoms with Crippen molar-refractivity contribution in [3.05, 3.63) is 61.4 Å². The van der Waals surface area contributed by atoms with E-state index in [1.54, 1.807) is 18.9 Å². The third-order valence-corrected chi connectivity index (χ3v) is 7.78. The smallest absolute Gasteiger partial charge is 0.305 e. The number of rotatable bonds is 12. The van der Waals surface area contributed by atoms with Crippen LogP contribution in [0.5, 0.6) is 11.5 Å². The molecule has 1 saturated heterocycles. The molecule has 36 heavy (non-hydrogen) atoms. The molecule has 0 spiro atoms. The number of amides is 1. The van der Waals surface area contributed by atoms with Crippen LogP contribution in [0.15, 0.2) is 50.2 Å². The van der Waals surface area contributed by atoms with Gasteiger partial charge in [0, 0.05) is 17.4 Å². The zero-order valence-electron chi connectivity index (χ0n) is 20.1. The summed E-state index contributed by atoms with van der Waals surface area (Å²) < 4.78 is 18.8. The van der Waals surface area contributed by atoms with E-state index in [9.17, 15) is 9.59 Å². The summed E-state index contributed by atoms with van der Waals surface area (Å²) in [5.41, 5.74) is 1.82. The molecule has 1 amide bonds. The average Bonchev–Trinajstić information content (AvgIpc) is 3.11. The SMILES string of the molecule is CCOC(=O)CCCCCN1C(=O)/C(=C\c2cc(Br)c(OCc3ccc(Br)cc3)c(OC)c2)SC1=S. The van der Waals surface area contributed by atoms with Gasteiger partial charge in [-0.1, -0.05) is 58.5 Å². The van der Waals surface area contributed by atoms with Crippen LogP contribution in [0, 0.1) is 0 Å². The number of ether oxygens (including phenoxy) is 3. The van der Waals surface area contributed by atoms with Gasteiger partial charge in [0.2, 0.25) is 0 Å². The summed E-state index contributed by atoms with van der Waals surface area (Å²) in [6.45, 7) is 3.11. The number of thiocarbonyl (C=S) groups is 1. The maximum Gasteiger partial charge on any atom is 0.305 e. The van der Waals surface area contributed by atoms with Gasteiger partial charge in [0.1, 0.15) is 10.9 Å². The van der Waals surface area contributed by atoms with Crippen molar-refractivity contribution in [3.8, 4) is 11.5 Å². The highest BCUT2D eigenvalue weighted by Crippen LogP contribution is 2.39. The molecule has 0 saturated carbocycles. The first kappa shape index (κ1) is 28.7. The molecular weight excluding hydrogens is 630 g/mol. The summed E-state index contributed by atoms with van der Waals surface area (Å²) in [7, 11) is 1.58. The Morgan fingerprint density at radius 1 is 1.14 bits per heavy atom. The molecule has 1 aliphatic rings. The molecule has 3 rings (SSSR count). The average molecular weight is 657 g/mol. The van der Waals surface area contributed by atoms with Crippen LogP contribution in [0.3, 0.4) is 0 Å². The van der Waals surface area contributed by atoms with Gasteiger partial charge < -0.3 is 14.2 Å². The van der Waals surface area contributed by atoms with E-state index in [4.69, 9.17) is 26.4 Å². The monoisotopic (exact) mass is 655 g/mol. The lowest BCUT2D eigenvalue weighted by atomic mass is 10.1. The molecule has 0 aromatic heterocycles. The van der Waals surface area contributed by atoms with Crippen LogP contribution in [0.1, 0.15) is 43.7 Å². The molecular formula is C26H27Br2NO5S2. The van der Waals surface area contributed by atoms with E-state index in [1.807, 2.05) is 42.5 Å². The number of halogens is 2. The Hall–Kier alpha value is -1.88. The third kappa shape index (κ3) is 8.06. The summed E-state index contributed by atoms with van der Waals surface area (Å²) >= 11 is 13.7. The molecule has 0 atom stereocenters. The van der Waals surface area contributed by atoms with Gasteiger partial charge in [-0.25, -0.2) is 0 Å². The lowest BCUT2D eigenvalue weighted by molar-refractivity contribution is -0.143. The third-order valence-electron chi connectivity index (χ3n) is 5.29. The summed E-state index contributed by atoms with van der Waals surface area (Å²) in [4.78, 5) is 26.6. The standard InChI is InChI=1S/C26H27Br2NO5S2/c1-3-33-23(30)7-5-4-6-12-29-25(31)22(36-26(29)35)15-18-13-20(28)24(21(14-18)32-2)34-16-17-8-10-19(27)11-9-17/h8-11,13-15H,3-7,12,16H2,1-2H3/b22-15+. The fraction of sp³-hybridized carbons (Fsp3) is 0.346. The van der Waals surface area contributed by atoms with E-state index < -0.39 is 0 Å². The number of thioether (sulfide) groups is 1. The summed E-state index contributed by atoms with van der Waals surface area (Å²) in [6, 6.07) is 11.6. The summed E-state index contributed by atoms with van der Waals surface area (Å²) in [5.74, 6) is 0.858. The van der Waals surface area contributed by atoms with Gasteiger partial charge in [-0.05, 0) is 77.2 Å². The second kappa shape index (κ2) is 14.2. The fourth-order valence-electron chi connectivity index (χ4n) is 3.49. The van der Waals surface area contributed by atoms with Crippen LogP contribution in [0.25, 0.3) is 6.08 Å². The maximum atomic E-state index is 13.0. The van der Waals surface area contributed by atoms with Gasteiger partial charge in [0.05, 0.1) is 23.1 Å². The molecule has 0 unspecified atom stereocenters. The van der Waals surface area contributed by atoms with Crippen LogP contribution in [-0.4, -0.2) is 41.4 Å². The Labute approximate surface area is 238 Å². The van der Waals surface area contributed by atoms with Crippen LogP contribution in [-0.2, 0) is 20.9 Å². The van der Waals surface area contributed by atoms with E-state index in [2.05, 4.69) is 31.9 Å². The van der Waals surface area contributed by atoms with Crippen LogP contribution < -0.4 is 9.47 Å². The zero-order valence-corrected chi connectivity index (χ0v) is 24.9. The molecule has 0 radical (unpaired) electrons. The topological polar surface area (TPSA) is 65.1 Å². The second-order valence-electron chi connectivity index (χ2n) is 7.90. The number of benzene rings is 2. The first-order valence-electron chi connectivity index (χ1n) is 11.5. The van der Waals surface area contributed by atoms with Crippen molar-refractivity contribution in [3.63, 3.8) is 0 Å². The van der Waals surface area contributed by atoms with Crippen LogP contribution in [0.2, 0.25) is 0 Å². The minimum atomic E-state index is -0.183. The number of hydrogen-bond donors (Lipinski definition) is 0. The highest BCUT2D eigenvalue weighted by atomic mass is 79.9. The van der Waals surface area contributed by atoms with Gasteiger partial charge in [0.15, 0.2) is 11.5 Å². The number of carbonyl (C=O) groups excluding carboxylic acids is 2. The van der Waals surface area contributed by atoms with Crippen molar-refractivity contribution in [1.82, 2.24) is 4.90 Å². The molecule has 1 heterocycles. The lowest BCUT2D eigenvalue weighted by Gasteiger charge is -2.14. The molecule has 1 fully saturated rings. The first-order chi connectivity index (χ1) is 17.3. The number of hydrogen-bond acceptors (Lipinski definition) is 7. The Kier molecular flexibility index (Phi) is 11.3. The molecule has 2 aromatic rings. The van der Waals surface area contributed by atoms with Crippen molar-refractivity contribution in [2.24, 2.45) is 0 Å². The molecule has 2 aromatic carbocycles. The van der Waals surface area contributed by atoms with Gasteiger partial charge in [-0.3, -0.25) is 14.5 Å². The van der Waals surface area contributed by atoms with E-state index in [1.165, 1.54) is 11.8 Å². The van der Waals surface area contributed by atoms with E-state index in [0.29, 0.717) is 46.9 Å². The van der Waals surface area contributed by atoms with Gasteiger partial charge in [-0.15, -0.1) is 0 Å². The van der Waals surface area contributed by atoms with Crippen LogP contribution in [0.4, 0.5) is 0 Å². The number of esters is 1. The largest absolute Gasteiger partial charge is 0.493 e. The minimum Gasteiger partial charge on any atom is -0.493 e. The Morgan fingerprint density at radius 3 is 2.58 bits per heavy atom. The molecule has 10 heteroatoms. The number of carbonyl (C=O) groups is 2. The summed E-state index contributed by atoms with van der Waals surface area (Å²) in [6.07, 6.45) is 4.52. The molecule has 6 nitrogen and oxygen atoms in total. The molecule has 0 N–H and O–H groups in total. The quantitative estimate of drug-likeness (QED) is 0.104. The van der Waals surface area contributed by atoms with Crippen LogP contribution >= 0.6 is 55.8 Å². The first-order valence-corrected chi connectivity index (χ1v) is 14.3. The van der Waals surface area contributed by atoms with E-state index in [-0.39, 0.29) is 11.9 Å². The van der Waals surface area contributed by atoms with E-state index >= 15 is 0 Å². The van der Waals surface area contributed by atoms with Crippen molar-refractivity contribution in [2.45, 2.75) is 39.2 Å². The highest BCUT2D eigenvalue weighted by Gasteiger charge is 2.31. The second-order valence-corrected chi connectivity index (χ2v) is 11.3. The molecule has 192 valence electrons. The molecule has 0 bridgehead atoms. The molecule has 0 aliphatic carbocycles. The summed E-state index contributed by atoms with van der Waals surface area (Å²) in [5, 5.41) is 0. The molecule has 1 aliphatic heterocycles. The predicted octanol–water partition coefficient (Wildman–Crippen LogP) is 7.12. The van der Waals surface area contributed by atoms with Crippen molar-refractivity contribution >= 4 is 78.1 Å². The van der Waals surface area contributed by atoms with Crippen molar-refractivity contribution in [1.29, 1.82) is 0 Å². The fourth-order valence-corrected chi connectivity index (χ4v) is 5.64. The Bertz CT molecular complexity index is 1140. The van der Waals surface area contributed by atoms with Gasteiger partial charge >= 0.3 is 5.97 Å². The lowest BCUT2D eigenvalue weighted by Crippen LogP contribution is -2.29. The maximum absolute atomic E-state index is 13.0. The number of methoxy groups -OCH3 is 1. The Balaban J connectivity index is 1.62. The van der Waals surface area contributed by atoms with E-state index in [0.717, 1.165) is 39.3 Å². The predicted molar refractivity (Wildman–Crippen MR) is 154 cm³/mol. The Morgan fingerprint density at radius 2 is 1.89 bits per heavy atom. The number of nitrogens with zero attached hydrogens (tertiary/aromatic N) is 1. The van der Waals surface area contributed by atoms with Crippen molar-refractivity contribution < 1.29 is 23.8 Å². The van der Waals surface area contributed by atoms with Gasteiger partial charge in [-0.2, -0.15) is 0 Å². The van der Waals surface area contributed by atoms with Crippen molar-refractivity contribution in [2.75, 3.05) is 20.3 Å². The minimum absolute atomic E-state index is 0.110. The highest BCUT2D eigenvalue weighted by molar-refractivity contribution is 9.10. The zero-order chi connectivity index (χ0) is 26.1. The number of unbranched alkanes of at least 4 members (excludes halogenated alkanes) is 2. The van der Waals surface area contributed by atoms with Gasteiger partial charge in [0.25, 0.3) is 5.91 Å². The normalized spacial score (nSPS) is 14.4.